The fourth-order valence-electron chi connectivity index (χ4n) is 2.43. The molecule has 0 N–H and O–H groups in total. The average molecular weight is 250 g/mol. The Morgan fingerprint density at radius 1 is 1.44 bits per heavy atom. The first kappa shape index (κ1) is 15.2. The van der Waals surface area contributed by atoms with Crippen molar-refractivity contribution in [3.63, 3.8) is 0 Å². The summed E-state index contributed by atoms with van der Waals surface area (Å²) < 4.78 is 5.13. The van der Waals surface area contributed by atoms with E-state index in [1.54, 1.807) is 7.11 Å². The normalized spacial score (nSPS) is 19.7. The highest BCUT2D eigenvalue weighted by Gasteiger charge is 2.25. The first-order chi connectivity index (χ1) is 8.56. The lowest BCUT2D eigenvalue weighted by Crippen LogP contribution is -2.21. The third-order valence-corrected chi connectivity index (χ3v) is 3.53. The molecule has 2 heteroatoms. The first-order valence-electron chi connectivity index (χ1n) is 6.93. The summed E-state index contributed by atoms with van der Waals surface area (Å²) in [4.78, 5) is 12.4. The van der Waals surface area contributed by atoms with Crippen molar-refractivity contribution in [2.24, 2.45) is 11.8 Å². The number of hydrogen-bond donors (Lipinski definition) is 0. The molecule has 2 nitrogen and oxygen atoms in total. The summed E-state index contributed by atoms with van der Waals surface area (Å²) in [5, 5.41) is 0. The quantitative estimate of drug-likeness (QED) is 0.640. The molecule has 0 amide bonds. The van der Waals surface area contributed by atoms with Crippen molar-refractivity contribution in [2.45, 2.75) is 46.5 Å². The van der Waals surface area contributed by atoms with E-state index in [9.17, 15) is 4.79 Å². The minimum absolute atomic E-state index is 0.0210. The summed E-state index contributed by atoms with van der Waals surface area (Å²) in [6.45, 7) is 7.11. The number of methoxy groups -OCH3 is 1. The van der Waals surface area contributed by atoms with Crippen LogP contribution in [0.2, 0.25) is 0 Å². The van der Waals surface area contributed by atoms with Crippen molar-refractivity contribution < 1.29 is 9.53 Å². The Bertz CT molecular complexity index is 337. The SMILES string of the molecule is COCCC1=CCC=C(C)C1C(=O)CCC(C)C. The largest absolute Gasteiger partial charge is 0.384 e. The van der Waals surface area contributed by atoms with Crippen molar-refractivity contribution in [1.29, 1.82) is 0 Å². The van der Waals surface area contributed by atoms with Gasteiger partial charge < -0.3 is 4.74 Å². The molecule has 1 aliphatic rings. The van der Waals surface area contributed by atoms with Gasteiger partial charge in [-0.15, -0.1) is 0 Å². The highest BCUT2D eigenvalue weighted by atomic mass is 16.5. The molecule has 0 heterocycles. The van der Waals surface area contributed by atoms with Gasteiger partial charge in [-0.1, -0.05) is 37.1 Å². The number of allylic oxidation sites excluding steroid dienone is 3. The van der Waals surface area contributed by atoms with E-state index in [0.717, 1.165) is 19.3 Å². The number of hydrogen-bond acceptors (Lipinski definition) is 2. The van der Waals surface area contributed by atoms with Crippen molar-refractivity contribution in [1.82, 2.24) is 0 Å². The standard InChI is InChI=1S/C16H26O2/c1-12(2)8-9-15(17)16-13(3)6-5-7-14(16)10-11-18-4/h6-7,12,16H,5,8-11H2,1-4H3. The Kier molecular flexibility index (Phi) is 6.34. The van der Waals surface area contributed by atoms with Gasteiger partial charge in [0.05, 0.1) is 5.92 Å². The number of Topliss-reactive ketones (excluding diaryl/α,β-unsaturated/α-hetero) is 1. The fraction of sp³-hybridized carbons (Fsp3) is 0.688. The molecule has 0 spiro atoms. The van der Waals surface area contributed by atoms with Crippen LogP contribution in [0.4, 0.5) is 0 Å². The summed E-state index contributed by atoms with van der Waals surface area (Å²) in [7, 11) is 1.71. The maximum atomic E-state index is 12.4. The highest BCUT2D eigenvalue weighted by molar-refractivity contribution is 5.86. The summed E-state index contributed by atoms with van der Waals surface area (Å²) in [5.74, 6) is 0.986. The Balaban J connectivity index is 2.67. The molecule has 0 bridgehead atoms. The van der Waals surface area contributed by atoms with Crippen LogP contribution in [0.1, 0.15) is 46.5 Å². The molecule has 0 saturated heterocycles. The van der Waals surface area contributed by atoms with Crippen LogP contribution in [0.15, 0.2) is 23.3 Å². The van der Waals surface area contributed by atoms with Gasteiger partial charge in [0.2, 0.25) is 0 Å². The van der Waals surface area contributed by atoms with E-state index in [4.69, 9.17) is 4.74 Å². The summed E-state index contributed by atoms with van der Waals surface area (Å²) >= 11 is 0. The molecule has 0 saturated carbocycles. The second-order valence-corrected chi connectivity index (χ2v) is 5.54. The number of rotatable bonds is 7. The lowest BCUT2D eigenvalue weighted by Gasteiger charge is -2.24. The van der Waals surface area contributed by atoms with E-state index >= 15 is 0 Å². The molecule has 0 aromatic carbocycles. The third kappa shape index (κ3) is 4.41. The van der Waals surface area contributed by atoms with Crippen molar-refractivity contribution in [3.8, 4) is 0 Å². The van der Waals surface area contributed by atoms with Crippen molar-refractivity contribution >= 4 is 5.78 Å². The second-order valence-electron chi connectivity index (χ2n) is 5.54. The molecule has 0 fully saturated rings. The number of carbonyl (C=O) groups excluding carboxylic acids is 1. The van der Waals surface area contributed by atoms with E-state index in [0.29, 0.717) is 24.7 Å². The van der Waals surface area contributed by atoms with Gasteiger partial charge >= 0.3 is 0 Å². The highest BCUT2D eigenvalue weighted by Crippen LogP contribution is 2.30. The lowest BCUT2D eigenvalue weighted by atomic mass is 9.80. The molecule has 1 unspecified atom stereocenters. The maximum Gasteiger partial charge on any atom is 0.144 e. The molecular formula is C16H26O2. The van der Waals surface area contributed by atoms with E-state index in [1.807, 2.05) is 0 Å². The molecule has 1 aliphatic carbocycles. The fourth-order valence-corrected chi connectivity index (χ4v) is 2.43. The van der Waals surface area contributed by atoms with Crippen LogP contribution in [-0.4, -0.2) is 19.5 Å². The first-order valence-corrected chi connectivity index (χ1v) is 6.93. The predicted molar refractivity (Wildman–Crippen MR) is 75.5 cm³/mol. The predicted octanol–water partition coefficient (Wildman–Crippen LogP) is 3.92. The Morgan fingerprint density at radius 3 is 2.78 bits per heavy atom. The van der Waals surface area contributed by atoms with Crippen LogP contribution in [0, 0.1) is 11.8 Å². The van der Waals surface area contributed by atoms with Crippen molar-refractivity contribution in [3.05, 3.63) is 23.3 Å². The van der Waals surface area contributed by atoms with Crippen LogP contribution in [0.5, 0.6) is 0 Å². The molecular weight excluding hydrogens is 224 g/mol. The second kappa shape index (κ2) is 7.52. The topological polar surface area (TPSA) is 26.3 Å². The monoisotopic (exact) mass is 250 g/mol. The lowest BCUT2D eigenvalue weighted by molar-refractivity contribution is -0.121. The zero-order valence-electron chi connectivity index (χ0n) is 12.2. The number of ketones is 1. The van der Waals surface area contributed by atoms with Crippen molar-refractivity contribution in [2.75, 3.05) is 13.7 Å². The van der Waals surface area contributed by atoms with Crippen LogP contribution in [-0.2, 0) is 9.53 Å². The van der Waals surface area contributed by atoms with Gasteiger partial charge in [-0.25, -0.2) is 0 Å². The molecule has 0 aromatic heterocycles. The Hall–Kier alpha value is -0.890. The maximum absolute atomic E-state index is 12.4. The Labute approximate surface area is 111 Å². The summed E-state index contributed by atoms with van der Waals surface area (Å²) in [6, 6.07) is 0. The minimum Gasteiger partial charge on any atom is -0.384 e. The molecule has 1 atom stereocenters. The molecule has 0 aromatic rings. The molecule has 0 aliphatic heterocycles. The van der Waals surface area contributed by atoms with Crippen LogP contribution in [0.3, 0.4) is 0 Å². The molecule has 0 radical (unpaired) electrons. The van der Waals surface area contributed by atoms with E-state index in [1.165, 1.54) is 11.1 Å². The van der Waals surface area contributed by atoms with E-state index < -0.39 is 0 Å². The third-order valence-electron chi connectivity index (χ3n) is 3.53. The van der Waals surface area contributed by atoms with E-state index in [-0.39, 0.29) is 5.92 Å². The smallest absolute Gasteiger partial charge is 0.144 e. The van der Waals surface area contributed by atoms with Crippen LogP contribution >= 0.6 is 0 Å². The van der Waals surface area contributed by atoms with Crippen LogP contribution in [0.25, 0.3) is 0 Å². The van der Waals surface area contributed by atoms with Gasteiger partial charge in [-0.2, -0.15) is 0 Å². The van der Waals surface area contributed by atoms with E-state index in [2.05, 4.69) is 32.9 Å². The zero-order valence-corrected chi connectivity index (χ0v) is 12.2. The molecule has 102 valence electrons. The average Bonchev–Trinajstić information content (AvgIpc) is 2.33. The summed E-state index contributed by atoms with van der Waals surface area (Å²) in [6.07, 6.45) is 7.88. The van der Waals surface area contributed by atoms with Gasteiger partial charge in [0.15, 0.2) is 0 Å². The summed E-state index contributed by atoms with van der Waals surface area (Å²) in [5.41, 5.74) is 2.47. The van der Waals surface area contributed by atoms with Crippen LogP contribution < -0.4 is 0 Å². The number of ether oxygens (including phenoxy) is 1. The van der Waals surface area contributed by atoms with Gasteiger partial charge in [0.25, 0.3) is 0 Å². The van der Waals surface area contributed by atoms with Gasteiger partial charge in [0, 0.05) is 20.1 Å². The molecule has 18 heavy (non-hydrogen) atoms. The minimum atomic E-state index is 0.0210. The van der Waals surface area contributed by atoms with Gasteiger partial charge in [-0.05, 0) is 32.1 Å². The Morgan fingerprint density at radius 2 is 2.17 bits per heavy atom. The number of carbonyl (C=O) groups is 1. The van der Waals surface area contributed by atoms with Gasteiger partial charge in [0.1, 0.15) is 5.78 Å². The molecule has 1 rings (SSSR count). The zero-order chi connectivity index (χ0) is 13.5. The van der Waals surface area contributed by atoms with Gasteiger partial charge in [-0.3, -0.25) is 4.79 Å².